The van der Waals surface area contributed by atoms with Crippen molar-refractivity contribution in [1.82, 2.24) is 0 Å². The van der Waals surface area contributed by atoms with Crippen LogP contribution < -0.4 is 4.74 Å². The molecule has 6 nitrogen and oxygen atoms in total. The van der Waals surface area contributed by atoms with Crippen molar-refractivity contribution in [1.29, 1.82) is 0 Å². The maximum Gasteiger partial charge on any atom is 0.335 e. The fourth-order valence-corrected chi connectivity index (χ4v) is 3.54. The Morgan fingerprint density at radius 2 is 1.96 bits per heavy atom. The number of hydrogen-bond donors (Lipinski definition) is 3. The number of benzene rings is 2. The lowest BCUT2D eigenvalue weighted by Gasteiger charge is -2.17. The summed E-state index contributed by atoms with van der Waals surface area (Å²) in [6.07, 6.45) is 0.529. The topological polar surface area (TPSA) is 104 Å². The third-order valence-electron chi connectivity index (χ3n) is 4.07. The van der Waals surface area contributed by atoms with Gasteiger partial charge in [0.2, 0.25) is 0 Å². The minimum absolute atomic E-state index is 0.0151. The molecule has 0 radical (unpaired) electrons. The molecule has 0 spiro atoms. The number of carbonyl (C=O) groups is 2. The normalized spacial score (nSPS) is 11.8. The number of aromatic hydroxyl groups is 1. The van der Waals surface area contributed by atoms with Crippen LogP contribution in [0.2, 0.25) is 0 Å². The van der Waals surface area contributed by atoms with Crippen molar-refractivity contribution in [3.8, 4) is 11.5 Å². The number of hydrogen-bond acceptors (Lipinski definition) is 6. The fraction of sp³-hybridized carbons (Fsp3) is 0.333. The smallest absolute Gasteiger partial charge is 0.335 e. The minimum atomic E-state index is -0.997. The van der Waals surface area contributed by atoms with Gasteiger partial charge in [-0.2, -0.15) is 0 Å². The molecule has 0 unspecified atom stereocenters. The molecule has 0 amide bonds. The Kier molecular flexibility index (Phi) is 7.90. The van der Waals surface area contributed by atoms with E-state index in [9.17, 15) is 19.8 Å². The third-order valence-corrected chi connectivity index (χ3v) is 5.21. The number of aliphatic hydroxyl groups excluding tert-OH is 1. The van der Waals surface area contributed by atoms with Gasteiger partial charge in [-0.1, -0.05) is 19.4 Å². The third kappa shape index (κ3) is 5.74. The highest BCUT2D eigenvalue weighted by molar-refractivity contribution is 7.99. The molecule has 28 heavy (non-hydrogen) atoms. The molecule has 0 saturated carbocycles. The first-order valence-corrected chi connectivity index (χ1v) is 9.94. The summed E-state index contributed by atoms with van der Waals surface area (Å²) >= 11 is 1.33. The van der Waals surface area contributed by atoms with Gasteiger partial charge in [0.1, 0.15) is 18.1 Å². The Morgan fingerprint density at radius 1 is 1.21 bits per heavy atom. The number of aromatic carboxylic acids is 1. The number of Topliss-reactive ketones (excluding diaryl/α,β-unsaturated/α-hetero) is 1. The van der Waals surface area contributed by atoms with Crippen molar-refractivity contribution in [3.63, 3.8) is 0 Å². The summed E-state index contributed by atoms with van der Waals surface area (Å²) in [6.45, 7) is 3.37. The Bertz CT molecular complexity index is 849. The standard InChI is InChI=1S/C21H24O6S/c1-3-5-18-19(9-8-17(13(2)22)20(18)24)27-11-15(23)12-28-16-7-4-6-14(10-16)21(25)26/h4,6-10,15,23-24H,3,5,11-12H2,1-2H3,(H,25,26)/t15-/m1/s1. The van der Waals surface area contributed by atoms with Gasteiger partial charge >= 0.3 is 5.97 Å². The van der Waals surface area contributed by atoms with E-state index in [1.54, 1.807) is 24.3 Å². The van der Waals surface area contributed by atoms with E-state index >= 15 is 0 Å². The Balaban J connectivity index is 1.99. The number of carboxylic acid groups (broad SMARTS) is 1. The molecule has 0 heterocycles. The molecule has 0 bridgehead atoms. The Hall–Kier alpha value is -2.51. The molecule has 0 fully saturated rings. The van der Waals surface area contributed by atoms with E-state index in [0.717, 1.165) is 11.3 Å². The minimum Gasteiger partial charge on any atom is -0.507 e. The SMILES string of the molecule is CCCc1c(OC[C@@H](O)CSc2cccc(C(=O)O)c2)ccc(C(C)=O)c1O. The first kappa shape index (κ1) is 21.8. The van der Waals surface area contributed by atoms with E-state index in [0.29, 0.717) is 23.5 Å². The largest absolute Gasteiger partial charge is 0.507 e. The first-order valence-electron chi connectivity index (χ1n) is 8.96. The van der Waals surface area contributed by atoms with Gasteiger partial charge in [0, 0.05) is 16.2 Å². The van der Waals surface area contributed by atoms with Crippen molar-refractivity contribution >= 4 is 23.5 Å². The average molecular weight is 404 g/mol. The van der Waals surface area contributed by atoms with Crippen LogP contribution in [0.15, 0.2) is 41.3 Å². The second kappa shape index (κ2) is 10.1. The fourth-order valence-electron chi connectivity index (χ4n) is 2.67. The highest BCUT2D eigenvalue weighted by Crippen LogP contribution is 2.33. The molecule has 7 heteroatoms. The van der Waals surface area contributed by atoms with Gasteiger partial charge in [-0.3, -0.25) is 4.79 Å². The number of thioether (sulfide) groups is 1. The van der Waals surface area contributed by atoms with Gasteiger partial charge in [-0.05, 0) is 43.7 Å². The molecule has 2 aromatic rings. The van der Waals surface area contributed by atoms with E-state index in [4.69, 9.17) is 9.84 Å². The molecular formula is C21H24O6S. The monoisotopic (exact) mass is 404 g/mol. The number of phenols is 1. The average Bonchev–Trinajstić information content (AvgIpc) is 2.66. The number of ether oxygens (including phenoxy) is 1. The molecule has 0 aliphatic rings. The lowest BCUT2D eigenvalue weighted by atomic mass is 10.0. The summed E-state index contributed by atoms with van der Waals surface area (Å²) in [6, 6.07) is 9.66. The van der Waals surface area contributed by atoms with E-state index in [1.807, 2.05) is 6.92 Å². The van der Waals surface area contributed by atoms with Crippen LogP contribution in [0.1, 0.15) is 46.5 Å². The number of carboxylic acids is 1. The molecule has 2 aromatic carbocycles. The summed E-state index contributed by atoms with van der Waals surface area (Å²) in [7, 11) is 0. The highest BCUT2D eigenvalue weighted by atomic mass is 32.2. The van der Waals surface area contributed by atoms with Crippen molar-refractivity contribution < 1.29 is 29.6 Å². The van der Waals surface area contributed by atoms with Crippen LogP contribution in [-0.2, 0) is 6.42 Å². The second-order valence-corrected chi connectivity index (χ2v) is 7.45. The second-order valence-electron chi connectivity index (χ2n) is 6.35. The summed E-state index contributed by atoms with van der Waals surface area (Å²) in [5.41, 5.74) is 1.01. The van der Waals surface area contributed by atoms with Crippen LogP contribution in [0.4, 0.5) is 0 Å². The van der Waals surface area contributed by atoms with Gasteiger partial charge < -0.3 is 20.1 Å². The van der Waals surface area contributed by atoms with Crippen molar-refractivity contribution in [2.24, 2.45) is 0 Å². The molecular weight excluding hydrogens is 380 g/mol. The number of carbonyl (C=O) groups excluding carboxylic acids is 1. The molecule has 0 aliphatic heterocycles. The number of aliphatic hydroxyl groups is 1. The van der Waals surface area contributed by atoms with Crippen molar-refractivity contribution in [3.05, 3.63) is 53.1 Å². The number of phenolic OH excluding ortho intramolecular Hbond substituents is 1. The lowest BCUT2D eigenvalue weighted by molar-refractivity contribution is 0.0696. The van der Waals surface area contributed by atoms with Gasteiger partial charge in [-0.15, -0.1) is 11.8 Å². The van der Waals surface area contributed by atoms with Gasteiger partial charge in [0.15, 0.2) is 5.78 Å². The lowest BCUT2D eigenvalue weighted by Crippen LogP contribution is -2.20. The van der Waals surface area contributed by atoms with Gasteiger partial charge in [0.05, 0.1) is 17.2 Å². The Labute approximate surface area is 168 Å². The van der Waals surface area contributed by atoms with Crippen molar-refractivity contribution in [2.75, 3.05) is 12.4 Å². The van der Waals surface area contributed by atoms with Crippen LogP contribution in [-0.4, -0.2) is 45.5 Å². The quantitative estimate of drug-likeness (QED) is 0.409. The number of rotatable bonds is 10. The Morgan fingerprint density at radius 3 is 2.61 bits per heavy atom. The maximum atomic E-state index is 11.6. The molecule has 0 aliphatic carbocycles. The summed E-state index contributed by atoms with van der Waals surface area (Å²) in [5, 5.41) is 29.6. The molecule has 0 aromatic heterocycles. The molecule has 150 valence electrons. The van der Waals surface area contributed by atoms with Crippen LogP contribution in [0.3, 0.4) is 0 Å². The first-order chi connectivity index (χ1) is 13.3. The highest BCUT2D eigenvalue weighted by Gasteiger charge is 2.17. The molecule has 3 N–H and O–H groups in total. The summed E-state index contributed by atoms with van der Waals surface area (Å²) in [4.78, 5) is 23.4. The maximum absolute atomic E-state index is 11.6. The zero-order valence-electron chi connectivity index (χ0n) is 15.8. The van der Waals surface area contributed by atoms with E-state index in [1.165, 1.54) is 30.8 Å². The zero-order valence-corrected chi connectivity index (χ0v) is 16.7. The van der Waals surface area contributed by atoms with Crippen LogP contribution in [0.25, 0.3) is 0 Å². The summed E-state index contributed by atoms with van der Waals surface area (Å²) in [5.74, 6) is -0.517. The van der Waals surface area contributed by atoms with Crippen LogP contribution in [0, 0.1) is 0 Å². The number of ketones is 1. The van der Waals surface area contributed by atoms with Gasteiger partial charge in [-0.25, -0.2) is 4.79 Å². The molecule has 1 atom stereocenters. The molecule has 0 saturated heterocycles. The predicted molar refractivity (Wildman–Crippen MR) is 108 cm³/mol. The van der Waals surface area contributed by atoms with E-state index in [-0.39, 0.29) is 29.3 Å². The van der Waals surface area contributed by atoms with Crippen LogP contribution >= 0.6 is 11.8 Å². The van der Waals surface area contributed by atoms with Crippen molar-refractivity contribution in [2.45, 2.75) is 37.7 Å². The zero-order chi connectivity index (χ0) is 20.7. The van der Waals surface area contributed by atoms with E-state index < -0.39 is 12.1 Å². The van der Waals surface area contributed by atoms with Crippen LogP contribution in [0.5, 0.6) is 11.5 Å². The summed E-state index contributed by atoms with van der Waals surface area (Å²) < 4.78 is 5.69. The molecule has 2 rings (SSSR count). The predicted octanol–water partition coefficient (Wildman–Crippen LogP) is 3.78. The van der Waals surface area contributed by atoms with Gasteiger partial charge in [0.25, 0.3) is 0 Å². The van der Waals surface area contributed by atoms with E-state index in [2.05, 4.69) is 0 Å².